The van der Waals surface area contributed by atoms with Crippen LogP contribution in [0.15, 0.2) is 24.3 Å². The summed E-state index contributed by atoms with van der Waals surface area (Å²) >= 11 is 6.25. The largest absolute Gasteiger partial charge is 0.334 e. The molecule has 1 aromatic carbocycles. The summed E-state index contributed by atoms with van der Waals surface area (Å²) in [5, 5.41) is 3.93. The van der Waals surface area contributed by atoms with Gasteiger partial charge in [0.05, 0.1) is 12.6 Å². The highest BCUT2D eigenvalue weighted by atomic mass is 35.5. The van der Waals surface area contributed by atoms with Crippen LogP contribution in [-0.4, -0.2) is 30.4 Å². The van der Waals surface area contributed by atoms with Crippen LogP contribution < -0.4 is 5.32 Å². The summed E-state index contributed by atoms with van der Waals surface area (Å²) in [5.74, 6) is 0.177. The SMILES string of the molecule is CCCNCC(=O)N1CCCC1c1ccccc1Cl. The van der Waals surface area contributed by atoms with Crippen molar-refractivity contribution < 1.29 is 4.79 Å². The molecule has 2 rings (SSSR count). The minimum atomic E-state index is 0.143. The first kappa shape index (κ1) is 14.4. The molecule has 1 fully saturated rings. The highest BCUT2D eigenvalue weighted by Crippen LogP contribution is 2.35. The molecule has 104 valence electrons. The predicted octanol–water partition coefficient (Wildman–Crippen LogP) is 3.00. The molecule has 1 heterocycles. The van der Waals surface area contributed by atoms with E-state index in [2.05, 4.69) is 12.2 Å². The van der Waals surface area contributed by atoms with Crippen LogP contribution in [0.5, 0.6) is 0 Å². The molecule has 1 aliphatic rings. The van der Waals surface area contributed by atoms with Crippen molar-refractivity contribution in [1.29, 1.82) is 0 Å². The lowest BCUT2D eigenvalue weighted by atomic mass is 10.0. The van der Waals surface area contributed by atoms with Crippen molar-refractivity contribution in [2.24, 2.45) is 0 Å². The van der Waals surface area contributed by atoms with Crippen LogP contribution in [0, 0.1) is 0 Å². The van der Waals surface area contributed by atoms with Crippen LogP contribution in [-0.2, 0) is 4.79 Å². The summed E-state index contributed by atoms with van der Waals surface area (Å²) in [7, 11) is 0. The molecular weight excluding hydrogens is 260 g/mol. The van der Waals surface area contributed by atoms with E-state index >= 15 is 0 Å². The zero-order chi connectivity index (χ0) is 13.7. The molecule has 19 heavy (non-hydrogen) atoms. The molecule has 1 atom stereocenters. The smallest absolute Gasteiger partial charge is 0.237 e. The van der Waals surface area contributed by atoms with Gasteiger partial charge in [0.1, 0.15) is 0 Å². The summed E-state index contributed by atoms with van der Waals surface area (Å²) in [6, 6.07) is 7.98. The van der Waals surface area contributed by atoms with Crippen molar-refractivity contribution in [2.45, 2.75) is 32.2 Å². The Hall–Kier alpha value is -1.06. The number of likely N-dealkylation sites (tertiary alicyclic amines) is 1. The second-order valence-electron chi connectivity index (χ2n) is 4.94. The van der Waals surface area contributed by atoms with Crippen LogP contribution in [0.3, 0.4) is 0 Å². The number of rotatable bonds is 5. The fourth-order valence-electron chi connectivity index (χ4n) is 2.61. The average molecular weight is 281 g/mol. The molecule has 4 heteroatoms. The van der Waals surface area contributed by atoms with E-state index in [1.54, 1.807) is 0 Å². The van der Waals surface area contributed by atoms with Crippen LogP contribution in [0.1, 0.15) is 37.8 Å². The summed E-state index contributed by atoms with van der Waals surface area (Å²) in [6.07, 6.45) is 3.10. The Kier molecular flexibility index (Phi) is 5.23. The second kappa shape index (κ2) is 6.92. The molecule has 1 N–H and O–H groups in total. The monoisotopic (exact) mass is 280 g/mol. The molecule has 0 spiro atoms. The van der Waals surface area contributed by atoms with Gasteiger partial charge in [-0.15, -0.1) is 0 Å². The van der Waals surface area contributed by atoms with E-state index in [0.29, 0.717) is 6.54 Å². The fourth-order valence-corrected chi connectivity index (χ4v) is 2.87. The van der Waals surface area contributed by atoms with Crippen LogP contribution in [0.4, 0.5) is 0 Å². The third-order valence-corrected chi connectivity index (χ3v) is 3.88. The van der Waals surface area contributed by atoms with Crippen molar-refractivity contribution in [3.05, 3.63) is 34.9 Å². The molecule has 0 aliphatic carbocycles. The molecule has 0 aromatic heterocycles. The van der Waals surface area contributed by atoms with Crippen molar-refractivity contribution in [3.63, 3.8) is 0 Å². The van der Waals surface area contributed by atoms with E-state index in [0.717, 1.165) is 42.9 Å². The standard InChI is InChI=1S/C15H21ClN2O/c1-2-9-17-11-15(19)18-10-5-8-14(18)12-6-3-4-7-13(12)16/h3-4,6-7,14,17H,2,5,8-11H2,1H3. The van der Waals surface area contributed by atoms with Crippen molar-refractivity contribution >= 4 is 17.5 Å². The number of hydrogen-bond donors (Lipinski definition) is 1. The predicted molar refractivity (Wildman–Crippen MR) is 78.3 cm³/mol. The van der Waals surface area contributed by atoms with E-state index in [1.807, 2.05) is 29.2 Å². The quantitative estimate of drug-likeness (QED) is 0.841. The molecule has 0 bridgehead atoms. The third-order valence-electron chi connectivity index (χ3n) is 3.54. The topological polar surface area (TPSA) is 32.3 Å². The van der Waals surface area contributed by atoms with Gasteiger partial charge >= 0.3 is 0 Å². The highest BCUT2D eigenvalue weighted by molar-refractivity contribution is 6.31. The molecule has 1 unspecified atom stereocenters. The van der Waals surface area contributed by atoms with Gasteiger partial charge in [-0.2, -0.15) is 0 Å². The van der Waals surface area contributed by atoms with Crippen LogP contribution in [0.25, 0.3) is 0 Å². The number of amides is 1. The molecule has 1 aromatic rings. The maximum Gasteiger partial charge on any atom is 0.237 e. The first-order chi connectivity index (χ1) is 9.24. The number of benzene rings is 1. The minimum Gasteiger partial charge on any atom is -0.334 e. The van der Waals surface area contributed by atoms with E-state index < -0.39 is 0 Å². The maximum atomic E-state index is 12.2. The van der Waals surface area contributed by atoms with Gasteiger partial charge in [0.15, 0.2) is 0 Å². The third kappa shape index (κ3) is 3.48. The zero-order valence-electron chi connectivity index (χ0n) is 11.4. The lowest BCUT2D eigenvalue weighted by Crippen LogP contribution is -2.38. The maximum absolute atomic E-state index is 12.2. The Bertz CT molecular complexity index is 436. The first-order valence-corrected chi connectivity index (χ1v) is 7.36. The molecule has 3 nitrogen and oxygen atoms in total. The normalized spacial score (nSPS) is 18.8. The Morgan fingerprint density at radius 3 is 3.00 bits per heavy atom. The van der Waals surface area contributed by atoms with Gasteiger partial charge in [0.25, 0.3) is 0 Å². The van der Waals surface area contributed by atoms with E-state index in [4.69, 9.17) is 11.6 Å². The molecule has 1 aliphatic heterocycles. The number of nitrogens with zero attached hydrogens (tertiary/aromatic N) is 1. The van der Waals surface area contributed by atoms with Crippen molar-refractivity contribution in [3.8, 4) is 0 Å². The van der Waals surface area contributed by atoms with E-state index in [9.17, 15) is 4.79 Å². The summed E-state index contributed by atoms with van der Waals surface area (Å²) < 4.78 is 0. The molecule has 1 saturated heterocycles. The Labute approximate surface area is 119 Å². The molecule has 1 amide bonds. The Morgan fingerprint density at radius 2 is 2.26 bits per heavy atom. The Balaban J connectivity index is 2.05. The number of hydrogen-bond acceptors (Lipinski definition) is 2. The number of carbonyl (C=O) groups is 1. The van der Waals surface area contributed by atoms with E-state index in [-0.39, 0.29) is 11.9 Å². The molecular formula is C15H21ClN2O. The zero-order valence-corrected chi connectivity index (χ0v) is 12.1. The van der Waals surface area contributed by atoms with Crippen molar-refractivity contribution in [1.82, 2.24) is 10.2 Å². The number of halogens is 1. The highest BCUT2D eigenvalue weighted by Gasteiger charge is 2.30. The van der Waals surface area contributed by atoms with E-state index in [1.165, 1.54) is 0 Å². The lowest BCUT2D eigenvalue weighted by Gasteiger charge is -2.26. The fraction of sp³-hybridized carbons (Fsp3) is 0.533. The summed E-state index contributed by atoms with van der Waals surface area (Å²) in [6.45, 7) is 4.24. The summed E-state index contributed by atoms with van der Waals surface area (Å²) in [5.41, 5.74) is 1.07. The van der Waals surface area contributed by atoms with Gasteiger partial charge in [-0.25, -0.2) is 0 Å². The lowest BCUT2D eigenvalue weighted by molar-refractivity contribution is -0.131. The van der Waals surface area contributed by atoms with Gasteiger partial charge < -0.3 is 10.2 Å². The van der Waals surface area contributed by atoms with Gasteiger partial charge in [-0.3, -0.25) is 4.79 Å². The van der Waals surface area contributed by atoms with Crippen LogP contribution >= 0.6 is 11.6 Å². The average Bonchev–Trinajstić information content (AvgIpc) is 2.88. The van der Waals surface area contributed by atoms with Crippen LogP contribution in [0.2, 0.25) is 5.02 Å². The number of nitrogens with one attached hydrogen (secondary N) is 1. The molecule has 0 saturated carbocycles. The summed E-state index contributed by atoms with van der Waals surface area (Å²) in [4.78, 5) is 14.2. The van der Waals surface area contributed by atoms with Gasteiger partial charge in [-0.05, 0) is 37.4 Å². The second-order valence-corrected chi connectivity index (χ2v) is 5.35. The Morgan fingerprint density at radius 1 is 1.47 bits per heavy atom. The van der Waals surface area contributed by atoms with Crippen molar-refractivity contribution in [2.75, 3.05) is 19.6 Å². The van der Waals surface area contributed by atoms with Gasteiger partial charge in [0, 0.05) is 11.6 Å². The first-order valence-electron chi connectivity index (χ1n) is 6.98. The number of carbonyl (C=O) groups excluding carboxylic acids is 1. The molecule has 0 radical (unpaired) electrons. The van der Waals surface area contributed by atoms with Gasteiger partial charge in [-0.1, -0.05) is 36.7 Å². The minimum absolute atomic E-state index is 0.143. The van der Waals surface area contributed by atoms with Gasteiger partial charge in [0.2, 0.25) is 5.91 Å².